The van der Waals surface area contributed by atoms with Crippen LogP contribution in [0.4, 0.5) is 0 Å². The van der Waals surface area contributed by atoms with Crippen molar-refractivity contribution in [2.75, 3.05) is 0 Å². The second kappa shape index (κ2) is 12.0. The maximum Gasteiger partial charge on any atom is 0.248 e. The largest absolute Gasteiger partial charge is 0.420 e. The minimum Gasteiger partial charge on any atom is -0.420 e. The summed E-state index contributed by atoms with van der Waals surface area (Å²) in [5.41, 5.74) is 9.99. The first-order chi connectivity index (χ1) is 18.0. The summed E-state index contributed by atoms with van der Waals surface area (Å²) >= 11 is 0. The van der Waals surface area contributed by atoms with Crippen LogP contribution in [0.2, 0.25) is 0 Å². The normalized spacial score (nSPS) is 12.5. The van der Waals surface area contributed by atoms with Gasteiger partial charge < -0.3 is 4.42 Å². The van der Waals surface area contributed by atoms with Crippen LogP contribution in [0.25, 0.3) is 28.2 Å². The van der Waals surface area contributed by atoms with Crippen molar-refractivity contribution in [2.24, 2.45) is 11.8 Å². The Morgan fingerprint density at radius 1 is 0.730 bits per heavy atom. The van der Waals surface area contributed by atoms with Crippen LogP contribution >= 0.6 is 0 Å². The van der Waals surface area contributed by atoms with Gasteiger partial charge in [0.2, 0.25) is 11.8 Å². The summed E-state index contributed by atoms with van der Waals surface area (Å²) in [5, 5.41) is 8.76. The van der Waals surface area contributed by atoms with Gasteiger partial charge in [-0.15, -0.1) is 10.2 Å². The summed E-state index contributed by atoms with van der Waals surface area (Å²) in [5.74, 6) is 2.26. The zero-order valence-electron chi connectivity index (χ0n) is 23.0. The summed E-state index contributed by atoms with van der Waals surface area (Å²) in [6, 6.07) is 25.6. The van der Waals surface area contributed by atoms with E-state index in [9.17, 15) is 0 Å². The molecule has 3 nitrogen and oxygen atoms in total. The van der Waals surface area contributed by atoms with Gasteiger partial charge in [-0.2, -0.15) is 0 Å². The van der Waals surface area contributed by atoms with Crippen LogP contribution in [0.3, 0.4) is 0 Å². The van der Waals surface area contributed by atoms with Crippen molar-refractivity contribution >= 4 is 5.57 Å². The lowest BCUT2D eigenvalue weighted by atomic mass is 9.80. The van der Waals surface area contributed by atoms with E-state index in [2.05, 4.69) is 105 Å². The van der Waals surface area contributed by atoms with Crippen molar-refractivity contribution in [3.8, 4) is 22.6 Å². The molecule has 0 spiro atoms. The van der Waals surface area contributed by atoms with Gasteiger partial charge in [0.05, 0.1) is 6.42 Å². The Morgan fingerprint density at radius 2 is 1.43 bits per heavy atom. The maximum absolute atomic E-state index is 6.13. The Balaban J connectivity index is 0.00000156. The summed E-state index contributed by atoms with van der Waals surface area (Å²) in [6.07, 6.45) is 6.07. The minimum atomic E-state index is 0.510. The van der Waals surface area contributed by atoms with Crippen LogP contribution in [-0.2, 0) is 12.8 Å². The molecule has 0 N–H and O–H groups in total. The Hall–Kier alpha value is -3.72. The fourth-order valence-corrected chi connectivity index (χ4v) is 4.76. The first kappa shape index (κ1) is 26.3. The maximum atomic E-state index is 6.13. The van der Waals surface area contributed by atoms with Crippen LogP contribution in [-0.4, -0.2) is 10.2 Å². The number of allylic oxidation sites excluding steroid dienone is 4. The van der Waals surface area contributed by atoms with Crippen molar-refractivity contribution in [1.82, 2.24) is 10.2 Å². The smallest absolute Gasteiger partial charge is 0.248 e. The van der Waals surface area contributed by atoms with Gasteiger partial charge in [0.15, 0.2) is 0 Å². The Kier molecular flexibility index (Phi) is 8.55. The highest BCUT2D eigenvalue weighted by molar-refractivity contribution is 5.93. The second-order valence-electron chi connectivity index (χ2n) is 10.0. The molecule has 0 radical (unpaired) electrons. The molecule has 0 bridgehead atoms. The first-order valence-corrected chi connectivity index (χ1v) is 13.5. The molecular weight excluding hydrogens is 452 g/mol. The van der Waals surface area contributed by atoms with E-state index in [-0.39, 0.29) is 0 Å². The van der Waals surface area contributed by atoms with E-state index >= 15 is 0 Å². The Labute approximate surface area is 222 Å². The molecule has 0 saturated heterocycles. The zero-order chi connectivity index (χ0) is 26.4. The van der Waals surface area contributed by atoms with Gasteiger partial charge in [0.1, 0.15) is 0 Å². The third kappa shape index (κ3) is 5.99. The van der Waals surface area contributed by atoms with Gasteiger partial charge in [-0.25, -0.2) is 0 Å². The molecule has 1 aliphatic carbocycles. The van der Waals surface area contributed by atoms with Crippen LogP contribution in [0, 0.1) is 11.8 Å². The average molecular weight is 491 g/mol. The fraction of sp³-hybridized carbons (Fsp3) is 0.294. The SMILES string of the molecule is CC.CC(C)Cc1cc(-c2ccccc2C2=CC=C2C(C)C)ccc1-c1nnc(Cc2ccccc2)o1. The number of aromatic nitrogens is 2. The number of hydrogen-bond acceptors (Lipinski definition) is 3. The van der Waals surface area contributed by atoms with Crippen molar-refractivity contribution in [3.63, 3.8) is 0 Å². The average Bonchev–Trinajstić information content (AvgIpc) is 3.33. The van der Waals surface area contributed by atoms with Crippen LogP contribution in [0.15, 0.2) is 94.9 Å². The van der Waals surface area contributed by atoms with Gasteiger partial charge in [0.25, 0.3) is 0 Å². The minimum absolute atomic E-state index is 0.510. The monoisotopic (exact) mass is 490 g/mol. The second-order valence-corrected chi connectivity index (χ2v) is 10.0. The van der Waals surface area contributed by atoms with Crippen molar-refractivity contribution in [1.29, 1.82) is 0 Å². The molecule has 0 amide bonds. The van der Waals surface area contributed by atoms with Crippen LogP contribution < -0.4 is 0 Å². The highest BCUT2D eigenvalue weighted by Gasteiger charge is 2.21. The standard InChI is InChI=1S/C32H32N2O.C2H6/c1-21(2)18-25-20-24(27-12-8-9-13-29(27)30-17-16-26(30)22(3)4)14-15-28(25)32-34-33-31(35-32)19-23-10-6-5-7-11-23;1-2/h5-17,20-22H,18-19H2,1-4H3;1-2H3. The molecule has 37 heavy (non-hydrogen) atoms. The molecule has 0 aliphatic heterocycles. The molecule has 0 unspecified atom stereocenters. The molecule has 3 aromatic carbocycles. The highest BCUT2D eigenvalue weighted by atomic mass is 16.4. The molecule has 1 heterocycles. The summed E-state index contributed by atoms with van der Waals surface area (Å²) < 4.78 is 6.13. The van der Waals surface area contributed by atoms with E-state index in [1.807, 2.05) is 32.0 Å². The van der Waals surface area contributed by atoms with E-state index < -0.39 is 0 Å². The van der Waals surface area contributed by atoms with Crippen molar-refractivity contribution < 1.29 is 4.42 Å². The molecule has 4 aromatic rings. The molecule has 5 rings (SSSR count). The molecule has 1 aliphatic rings. The lowest BCUT2D eigenvalue weighted by molar-refractivity contribution is 0.517. The lowest BCUT2D eigenvalue weighted by Crippen LogP contribution is -2.05. The number of benzene rings is 3. The molecule has 0 fully saturated rings. The Bertz CT molecular complexity index is 1390. The fourth-order valence-electron chi connectivity index (χ4n) is 4.76. The predicted octanol–water partition coefficient (Wildman–Crippen LogP) is 9.20. The highest BCUT2D eigenvalue weighted by Crippen LogP contribution is 2.40. The van der Waals surface area contributed by atoms with E-state index in [1.54, 1.807) is 0 Å². The molecule has 3 heteroatoms. The van der Waals surface area contributed by atoms with Gasteiger partial charge >= 0.3 is 0 Å². The first-order valence-electron chi connectivity index (χ1n) is 13.5. The third-order valence-electron chi connectivity index (χ3n) is 6.52. The number of nitrogens with zero attached hydrogens (tertiary/aromatic N) is 2. The van der Waals surface area contributed by atoms with E-state index in [1.165, 1.54) is 33.4 Å². The van der Waals surface area contributed by atoms with Gasteiger partial charge in [-0.1, -0.05) is 120 Å². The summed E-state index contributed by atoms with van der Waals surface area (Å²) in [4.78, 5) is 0. The van der Waals surface area contributed by atoms with E-state index in [4.69, 9.17) is 4.42 Å². The zero-order valence-corrected chi connectivity index (χ0v) is 23.0. The van der Waals surface area contributed by atoms with Crippen molar-refractivity contribution in [2.45, 2.75) is 54.4 Å². The van der Waals surface area contributed by atoms with Gasteiger partial charge in [-0.05, 0) is 63.3 Å². The van der Waals surface area contributed by atoms with Crippen molar-refractivity contribution in [3.05, 3.63) is 113 Å². The number of hydrogen-bond donors (Lipinski definition) is 0. The summed E-state index contributed by atoms with van der Waals surface area (Å²) in [6.45, 7) is 13.0. The van der Waals surface area contributed by atoms with Gasteiger partial charge in [0, 0.05) is 5.56 Å². The van der Waals surface area contributed by atoms with E-state index in [0.29, 0.717) is 30.0 Å². The third-order valence-corrected chi connectivity index (χ3v) is 6.52. The van der Waals surface area contributed by atoms with E-state index in [0.717, 1.165) is 17.5 Å². The topological polar surface area (TPSA) is 38.9 Å². The Morgan fingerprint density at radius 3 is 2.08 bits per heavy atom. The van der Waals surface area contributed by atoms with Crippen LogP contribution in [0.1, 0.15) is 64.1 Å². The summed E-state index contributed by atoms with van der Waals surface area (Å²) in [7, 11) is 0. The number of rotatable bonds is 8. The predicted molar refractivity (Wildman–Crippen MR) is 155 cm³/mol. The molecule has 0 saturated carbocycles. The van der Waals surface area contributed by atoms with Crippen LogP contribution in [0.5, 0.6) is 0 Å². The lowest BCUT2D eigenvalue weighted by Gasteiger charge is -2.24. The van der Waals surface area contributed by atoms with Gasteiger partial charge in [-0.3, -0.25) is 0 Å². The molecule has 0 atom stereocenters. The quantitative estimate of drug-likeness (QED) is 0.247. The molecular formula is C34H38N2O. The molecule has 1 aromatic heterocycles. The molecule has 190 valence electrons.